The Morgan fingerprint density at radius 1 is 1.00 bits per heavy atom. The average molecular weight is 565 g/mol. The molecule has 0 aromatic heterocycles. The van der Waals surface area contributed by atoms with Gasteiger partial charge >= 0.3 is 0 Å². The number of carbonyl (C=O) groups is 1. The first kappa shape index (κ1) is 23.2. The molecule has 0 fully saturated rings. The minimum Gasteiger partial charge on any atom is -0.271 e. The summed E-state index contributed by atoms with van der Waals surface area (Å²) in [5.74, 6) is -0.568. The zero-order valence-electron chi connectivity index (χ0n) is 16.5. The van der Waals surface area contributed by atoms with Crippen molar-refractivity contribution in [1.29, 1.82) is 0 Å². The quantitative estimate of drug-likeness (QED) is 0.328. The standard InChI is InChI=1S/C22H19Br2N3O3S/c1-16-6-12-20(13-7-16)31(29,30)27(19-10-8-18(23)9-11-19)15-22(28)26-25-14-17-4-2-3-5-21(17)24/h2-14H,15H2,1H3,(H,26,28)/b25-14-. The number of halogens is 2. The number of aryl methyl sites for hydroxylation is 1. The first-order valence-electron chi connectivity index (χ1n) is 9.19. The van der Waals surface area contributed by atoms with E-state index in [1.165, 1.54) is 18.3 Å². The molecule has 0 saturated heterocycles. The van der Waals surface area contributed by atoms with Crippen molar-refractivity contribution >= 4 is 59.7 Å². The number of hydrazone groups is 1. The lowest BCUT2D eigenvalue weighted by molar-refractivity contribution is -0.119. The van der Waals surface area contributed by atoms with E-state index in [4.69, 9.17) is 0 Å². The maximum Gasteiger partial charge on any atom is 0.264 e. The highest BCUT2D eigenvalue weighted by atomic mass is 79.9. The first-order chi connectivity index (χ1) is 14.8. The molecule has 9 heteroatoms. The highest BCUT2D eigenvalue weighted by molar-refractivity contribution is 9.10. The fourth-order valence-corrected chi connectivity index (χ4v) is 4.75. The maximum absolute atomic E-state index is 13.3. The third-order valence-corrected chi connectivity index (χ3v) is 7.35. The fraction of sp³-hybridized carbons (Fsp3) is 0.0909. The van der Waals surface area contributed by atoms with Crippen LogP contribution in [0.1, 0.15) is 11.1 Å². The Balaban J connectivity index is 1.84. The van der Waals surface area contributed by atoms with Gasteiger partial charge in [-0.3, -0.25) is 9.10 Å². The van der Waals surface area contributed by atoms with Gasteiger partial charge in [-0.15, -0.1) is 0 Å². The van der Waals surface area contributed by atoms with Gasteiger partial charge in [0.05, 0.1) is 16.8 Å². The van der Waals surface area contributed by atoms with E-state index >= 15 is 0 Å². The second kappa shape index (κ2) is 10.2. The summed E-state index contributed by atoms with van der Waals surface area (Å²) in [6.07, 6.45) is 1.49. The third-order valence-electron chi connectivity index (χ3n) is 4.31. The van der Waals surface area contributed by atoms with E-state index < -0.39 is 22.5 Å². The number of hydrogen-bond acceptors (Lipinski definition) is 4. The molecular formula is C22H19Br2N3O3S. The fourth-order valence-electron chi connectivity index (χ4n) is 2.68. The van der Waals surface area contributed by atoms with E-state index in [1.807, 2.05) is 31.2 Å². The Bertz CT molecular complexity index is 1200. The maximum atomic E-state index is 13.3. The number of hydrogen-bond donors (Lipinski definition) is 1. The van der Waals surface area contributed by atoms with Crippen molar-refractivity contribution in [2.75, 3.05) is 10.8 Å². The van der Waals surface area contributed by atoms with E-state index in [0.29, 0.717) is 5.69 Å². The van der Waals surface area contributed by atoms with Gasteiger partial charge in [0.15, 0.2) is 0 Å². The van der Waals surface area contributed by atoms with E-state index in [0.717, 1.165) is 24.4 Å². The van der Waals surface area contributed by atoms with Gasteiger partial charge in [-0.2, -0.15) is 5.10 Å². The summed E-state index contributed by atoms with van der Waals surface area (Å²) in [7, 11) is -3.96. The van der Waals surface area contributed by atoms with Crippen LogP contribution in [0.3, 0.4) is 0 Å². The summed E-state index contributed by atoms with van der Waals surface area (Å²) < 4.78 is 29.3. The van der Waals surface area contributed by atoms with Crippen LogP contribution in [0.5, 0.6) is 0 Å². The first-order valence-corrected chi connectivity index (χ1v) is 12.2. The van der Waals surface area contributed by atoms with Gasteiger partial charge in [0.25, 0.3) is 15.9 Å². The Morgan fingerprint density at radius 3 is 2.29 bits per heavy atom. The number of nitrogens with zero attached hydrogens (tertiary/aromatic N) is 2. The molecule has 0 unspecified atom stereocenters. The Labute approximate surface area is 198 Å². The van der Waals surface area contributed by atoms with E-state index in [2.05, 4.69) is 42.4 Å². The third kappa shape index (κ3) is 6.03. The lowest BCUT2D eigenvalue weighted by atomic mass is 10.2. The van der Waals surface area contributed by atoms with Crippen molar-refractivity contribution in [2.24, 2.45) is 5.10 Å². The summed E-state index contributed by atoms with van der Waals surface area (Å²) in [4.78, 5) is 12.7. The van der Waals surface area contributed by atoms with Crippen LogP contribution in [0.15, 0.2) is 91.7 Å². The molecule has 1 amide bonds. The molecule has 0 aliphatic heterocycles. The van der Waals surface area contributed by atoms with Crippen LogP contribution in [0.4, 0.5) is 5.69 Å². The number of sulfonamides is 1. The molecule has 3 aromatic rings. The lowest BCUT2D eigenvalue weighted by Crippen LogP contribution is -2.39. The Hall–Kier alpha value is -2.49. The molecule has 0 aliphatic carbocycles. The number of carbonyl (C=O) groups excluding carboxylic acids is 1. The monoisotopic (exact) mass is 563 g/mol. The van der Waals surface area contributed by atoms with Crippen LogP contribution in [0.2, 0.25) is 0 Å². The van der Waals surface area contributed by atoms with Gasteiger partial charge in [-0.25, -0.2) is 13.8 Å². The molecule has 0 bridgehead atoms. The predicted octanol–water partition coefficient (Wildman–Crippen LogP) is 4.87. The van der Waals surface area contributed by atoms with E-state index in [1.54, 1.807) is 36.4 Å². The van der Waals surface area contributed by atoms with Crippen molar-refractivity contribution in [3.05, 3.63) is 92.9 Å². The van der Waals surface area contributed by atoms with Crippen LogP contribution in [0.25, 0.3) is 0 Å². The predicted molar refractivity (Wildman–Crippen MR) is 130 cm³/mol. The number of benzene rings is 3. The van der Waals surface area contributed by atoms with Gasteiger partial charge in [0.2, 0.25) is 0 Å². The van der Waals surface area contributed by atoms with Crippen LogP contribution >= 0.6 is 31.9 Å². The molecule has 3 rings (SSSR count). The van der Waals surface area contributed by atoms with Gasteiger partial charge in [0, 0.05) is 14.5 Å². The van der Waals surface area contributed by atoms with Crippen LogP contribution in [-0.2, 0) is 14.8 Å². The summed E-state index contributed by atoms with van der Waals surface area (Å²) in [6, 6.07) is 20.6. The molecule has 0 aliphatic rings. The SMILES string of the molecule is Cc1ccc(S(=O)(=O)N(CC(=O)N/N=C\c2ccccc2Br)c2ccc(Br)cc2)cc1. The Kier molecular flexibility index (Phi) is 7.64. The summed E-state index contributed by atoms with van der Waals surface area (Å²) >= 11 is 6.74. The highest BCUT2D eigenvalue weighted by Crippen LogP contribution is 2.25. The van der Waals surface area contributed by atoms with Crippen molar-refractivity contribution in [1.82, 2.24) is 5.43 Å². The average Bonchev–Trinajstić information content (AvgIpc) is 2.74. The van der Waals surface area contributed by atoms with E-state index in [9.17, 15) is 13.2 Å². The van der Waals surface area contributed by atoms with Crippen molar-refractivity contribution in [3.63, 3.8) is 0 Å². The van der Waals surface area contributed by atoms with Gasteiger partial charge < -0.3 is 0 Å². The number of anilines is 1. The molecule has 0 heterocycles. The highest BCUT2D eigenvalue weighted by Gasteiger charge is 2.27. The van der Waals surface area contributed by atoms with Crippen LogP contribution in [0, 0.1) is 6.92 Å². The molecule has 0 atom stereocenters. The minimum atomic E-state index is -3.96. The smallest absolute Gasteiger partial charge is 0.264 e. The number of rotatable bonds is 7. The van der Waals surface area contributed by atoms with Gasteiger partial charge in [-0.05, 0) is 49.4 Å². The number of nitrogens with one attached hydrogen (secondary N) is 1. The molecule has 0 radical (unpaired) electrons. The largest absolute Gasteiger partial charge is 0.271 e. The number of amides is 1. The zero-order valence-corrected chi connectivity index (χ0v) is 20.5. The topological polar surface area (TPSA) is 78.8 Å². The minimum absolute atomic E-state index is 0.102. The zero-order chi connectivity index (χ0) is 22.4. The molecule has 3 aromatic carbocycles. The van der Waals surface area contributed by atoms with Gasteiger partial charge in [-0.1, -0.05) is 67.8 Å². The van der Waals surface area contributed by atoms with Crippen LogP contribution < -0.4 is 9.73 Å². The van der Waals surface area contributed by atoms with Gasteiger partial charge in [0.1, 0.15) is 6.54 Å². The van der Waals surface area contributed by atoms with Crippen LogP contribution in [-0.4, -0.2) is 27.1 Å². The second-order valence-corrected chi connectivity index (χ2v) is 10.2. The molecule has 31 heavy (non-hydrogen) atoms. The second-order valence-electron chi connectivity index (χ2n) is 6.62. The summed E-state index contributed by atoms with van der Waals surface area (Å²) in [5.41, 5.74) is 4.48. The Morgan fingerprint density at radius 2 is 1.65 bits per heavy atom. The van der Waals surface area contributed by atoms with Crippen molar-refractivity contribution in [2.45, 2.75) is 11.8 Å². The lowest BCUT2D eigenvalue weighted by Gasteiger charge is -2.23. The van der Waals surface area contributed by atoms with Crippen molar-refractivity contribution in [3.8, 4) is 0 Å². The molecule has 0 spiro atoms. The summed E-state index contributed by atoms with van der Waals surface area (Å²) in [6.45, 7) is 1.45. The van der Waals surface area contributed by atoms with E-state index in [-0.39, 0.29) is 4.90 Å². The molecule has 160 valence electrons. The molecule has 0 saturated carbocycles. The molecular weight excluding hydrogens is 546 g/mol. The molecule has 1 N–H and O–H groups in total. The summed E-state index contributed by atoms with van der Waals surface area (Å²) in [5, 5.41) is 3.95. The molecule has 6 nitrogen and oxygen atoms in total. The normalized spacial score (nSPS) is 11.5. The van der Waals surface area contributed by atoms with Crippen molar-refractivity contribution < 1.29 is 13.2 Å².